The fourth-order valence-corrected chi connectivity index (χ4v) is 3.28. The predicted octanol–water partition coefficient (Wildman–Crippen LogP) is 2.52. The maximum absolute atomic E-state index is 10.6. The van der Waals surface area contributed by atoms with Gasteiger partial charge in [0.15, 0.2) is 0 Å². The maximum Gasteiger partial charge on any atom is 0.119 e. The number of aliphatic hydroxyl groups is 1. The van der Waals surface area contributed by atoms with Crippen molar-refractivity contribution >= 4 is 0 Å². The van der Waals surface area contributed by atoms with Gasteiger partial charge in [-0.1, -0.05) is 30.3 Å². The molecule has 2 fully saturated rings. The van der Waals surface area contributed by atoms with Gasteiger partial charge in [-0.25, -0.2) is 0 Å². The van der Waals surface area contributed by atoms with Crippen LogP contribution < -0.4 is 0 Å². The summed E-state index contributed by atoms with van der Waals surface area (Å²) in [5, 5.41) is 10.6. The zero-order valence-corrected chi connectivity index (χ0v) is 9.60. The average molecular weight is 217 g/mol. The van der Waals surface area contributed by atoms with Gasteiger partial charge in [-0.05, 0) is 37.7 Å². The summed E-state index contributed by atoms with van der Waals surface area (Å²) in [4.78, 5) is 2.33. The number of hydrogen-bond acceptors (Lipinski definition) is 2. The molecule has 2 heterocycles. The Kier molecular flexibility index (Phi) is 2.49. The number of piperidine rings is 1. The molecule has 0 saturated carbocycles. The molecule has 1 aromatic rings. The number of benzene rings is 1. The minimum Gasteiger partial charge on any atom is -0.376 e. The minimum absolute atomic E-state index is 0.501. The molecule has 3 rings (SSSR count). The molecule has 0 amide bonds. The molecule has 2 saturated heterocycles. The highest BCUT2D eigenvalue weighted by atomic mass is 16.3. The van der Waals surface area contributed by atoms with Gasteiger partial charge >= 0.3 is 0 Å². The molecule has 2 unspecified atom stereocenters. The highest BCUT2D eigenvalue weighted by Gasteiger charge is 2.46. The Labute approximate surface area is 96.9 Å². The molecule has 1 N–H and O–H groups in total. The molecular formula is C14H19NO. The zero-order chi connectivity index (χ0) is 11.0. The molecule has 0 radical (unpaired) electrons. The fraction of sp³-hybridized carbons (Fsp3) is 0.571. The normalized spacial score (nSPS) is 34.2. The molecule has 0 aromatic heterocycles. The van der Waals surface area contributed by atoms with Crippen molar-refractivity contribution in [3.8, 4) is 0 Å². The first-order valence-electron chi connectivity index (χ1n) is 6.31. The monoisotopic (exact) mass is 217 g/mol. The number of nitrogens with zero attached hydrogens (tertiary/aromatic N) is 1. The predicted molar refractivity (Wildman–Crippen MR) is 63.8 cm³/mol. The van der Waals surface area contributed by atoms with Crippen LogP contribution in [0.2, 0.25) is 0 Å². The first kappa shape index (κ1) is 10.3. The van der Waals surface area contributed by atoms with Gasteiger partial charge in [-0.2, -0.15) is 0 Å². The molecular weight excluding hydrogens is 198 g/mol. The number of rotatable bonds is 2. The Morgan fingerprint density at radius 3 is 2.75 bits per heavy atom. The van der Waals surface area contributed by atoms with E-state index in [4.69, 9.17) is 0 Å². The van der Waals surface area contributed by atoms with Crippen molar-refractivity contribution in [3.63, 3.8) is 0 Å². The Balaban J connectivity index is 1.80. The van der Waals surface area contributed by atoms with E-state index in [-0.39, 0.29) is 0 Å². The molecule has 0 aliphatic carbocycles. The summed E-state index contributed by atoms with van der Waals surface area (Å²) in [5.41, 5.74) is 0.813. The van der Waals surface area contributed by atoms with Crippen LogP contribution in [-0.4, -0.2) is 21.8 Å². The Morgan fingerprint density at radius 2 is 2.00 bits per heavy atom. The third kappa shape index (κ3) is 1.66. The van der Waals surface area contributed by atoms with E-state index in [1.54, 1.807) is 0 Å². The van der Waals surface area contributed by atoms with E-state index in [0.717, 1.165) is 19.4 Å². The Bertz CT molecular complexity index is 360. The summed E-state index contributed by atoms with van der Waals surface area (Å²) in [6.07, 6.45) is 5.53. The summed E-state index contributed by atoms with van der Waals surface area (Å²) in [5.74, 6) is 0. The number of fused-ring (bicyclic) bond motifs is 2. The van der Waals surface area contributed by atoms with E-state index in [9.17, 15) is 5.11 Å². The second-order valence-corrected chi connectivity index (χ2v) is 5.18. The van der Waals surface area contributed by atoms with Crippen LogP contribution in [-0.2, 0) is 6.54 Å². The summed E-state index contributed by atoms with van der Waals surface area (Å²) in [6, 6.07) is 11.1. The third-order valence-corrected chi connectivity index (χ3v) is 4.16. The van der Waals surface area contributed by atoms with E-state index in [2.05, 4.69) is 29.2 Å². The topological polar surface area (TPSA) is 23.5 Å². The second kappa shape index (κ2) is 3.86. The second-order valence-electron chi connectivity index (χ2n) is 5.18. The molecule has 2 atom stereocenters. The van der Waals surface area contributed by atoms with Crippen LogP contribution in [0.15, 0.2) is 30.3 Å². The standard InChI is InChI=1S/C14H19NO/c16-14-9-4-7-13(8-10-14)15(14)11-12-5-2-1-3-6-12/h1-3,5-6,13,16H,4,7-11H2. The lowest BCUT2D eigenvalue weighted by Gasteiger charge is -2.41. The van der Waals surface area contributed by atoms with E-state index in [0.29, 0.717) is 6.04 Å². The molecule has 86 valence electrons. The molecule has 2 bridgehead atoms. The Hall–Kier alpha value is -0.860. The smallest absolute Gasteiger partial charge is 0.119 e. The third-order valence-electron chi connectivity index (χ3n) is 4.16. The van der Waals surface area contributed by atoms with Gasteiger partial charge in [0.25, 0.3) is 0 Å². The van der Waals surface area contributed by atoms with Crippen molar-refractivity contribution in [3.05, 3.63) is 35.9 Å². The first-order chi connectivity index (χ1) is 7.78. The van der Waals surface area contributed by atoms with Crippen molar-refractivity contribution in [1.82, 2.24) is 4.90 Å². The van der Waals surface area contributed by atoms with Gasteiger partial charge in [-0.15, -0.1) is 0 Å². The molecule has 2 heteroatoms. The van der Waals surface area contributed by atoms with E-state index in [1.807, 2.05) is 6.07 Å². The summed E-state index contributed by atoms with van der Waals surface area (Å²) in [6.45, 7) is 0.905. The molecule has 2 aliphatic heterocycles. The lowest BCUT2D eigenvalue weighted by Crippen LogP contribution is -2.49. The lowest BCUT2D eigenvalue weighted by atomic mass is 9.99. The molecule has 0 spiro atoms. The van der Waals surface area contributed by atoms with Crippen molar-refractivity contribution < 1.29 is 5.11 Å². The van der Waals surface area contributed by atoms with Gasteiger partial charge in [0, 0.05) is 12.6 Å². The summed E-state index contributed by atoms with van der Waals surface area (Å²) in [7, 11) is 0. The maximum atomic E-state index is 10.6. The van der Waals surface area contributed by atoms with Crippen LogP contribution in [0.5, 0.6) is 0 Å². The van der Waals surface area contributed by atoms with Crippen LogP contribution in [0.25, 0.3) is 0 Å². The van der Waals surface area contributed by atoms with Crippen LogP contribution in [0.3, 0.4) is 0 Å². The fourth-order valence-electron chi connectivity index (χ4n) is 3.28. The average Bonchev–Trinajstić information content (AvgIpc) is 2.50. The quantitative estimate of drug-likeness (QED) is 0.823. The van der Waals surface area contributed by atoms with Gasteiger partial charge < -0.3 is 5.11 Å². The van der Waals surface area contributed by atoms with Gasteiger partial charge in [-0.3, -0.25) is 4.90 Å². The van der Waals surface area contributed by atoms with Gasteiger partial charge in [0.1, 0.15) is 5.72 Å². The Morgan fingerprint density at radius 1 is 1.19 bits per heavy atom. The largest absolute Gasteiger partial charge is 0.376 e. The SMILES string of the molecule is OC12CCCC(CC1)N2Cc1ccccc1. The van der Waals surface area contributed by atoms with Crippen molar-refractivity contribution in [2.75, 3.05) is 0 Å². The first-order valence-corrected chi connectivity index (χ1v) is 6.31. The van der Waals surface area contributed by atoms with Crippen molar-refractivity contribution in [2.24, 2.45) is 0 Å². The molecule has 16 heavy (non-hydrogen) atoms. The zero-order valence-electron chi connectivity index (χ0n) is 9.60. The van der Waals surface area contributed by atoms with E-state index in [1.165, 1.54) is 24.8 Å². The highest BCUT2D eigenvalue weighted by Crippen LogP contribution is 2.42. The summed E-state index contributed by atoms with van der Waals surface area (Å²) >= 11 is 0. The highest BCUT2D eigenvalue weighted by molar-refractivity contribution is 5.16. The van der Waals surface area contributed by atoms with Crippen LogP contribution in [0, 0.1) is 0 Å². The van der Waals surface area contributed by atoms with Crippen LogP contribution >= 0.6 is 0 Å². The molecule has 2 nitrogen and oxygen atoms in total. The van der Waals surface area contributed by atoms with Crippen LogP contribution in [0.1, 0.15) is 37.7 Å². The molecule has 2 aliphatic rings. The molecule has 1 aromatic carbocycles. The van der Waals surface area contributed by atoms with Crippen LogP contribution in [0.4, 0.5) is 0 Å². The minimum atomic E-state index is -0.501. The lowest BCUT2D eigenvalue weighted by molar-refractivity contribution is -0.123. The van der Waals surface area contributed by atoms with Gasteiger partial charge in [0.2, 0.25) is 0 Å². The van der Waals surface area contributed by atoms with Crippen molar-refractivity contribution in [2.45, 2.75) is 50.4 Å². The van der Waals surface area contributed by atoms with Gasteiger partial charge in [0.05, 0.1) is 0 Å². The number of hydrogen-bond donors (Lipinski definition) is 1. The van der Waals surface area contributed by atoms with Crippen molar-refractivity contribution in [1.29, 1.82) is 0 Å². The summed E-state index contributed by atoms with van der Waals surface area (Å²) < 4.78 is 0. The van der Waals surface area contributed by atoms with E-state index >= 15 is 0 Å². The van der Waals surface area contributed by atoms with E-state index < -0.39 is 5.72 Å².